The molecule has 29 heavy (non-hydrogen) atoms. The van der Waals surface area contributed by atoms with E-state index in [0.29, 0.717) is 0 Å². The lowest BCUT2D eigenvalue weighted by atomic mass is 10.0. The summed E-state index contributed by atoms with van der Waals surface area (Å²) in [5.74, 6) is -5.20. The highest BCUT2D eigenvalue weighted by Gasteiger charge is 2.39. The molecule has 4 N–H and O–H groups in total. The Labute approximate surface area is 159 Å². The van der Waals surface area contributed by atoms with Gasteiger partial charge in [0.2, 0.25) is 0 Å². The monoisotopic (exact) mass is 456 g/mol. The third-order valence-electron chi connectivity index (χ3n) is 2.98. The minimum Gasteiger partial charge on any atom is -0.475 e. The van der Waals surface area contributed by atoms with Crippen molar-refractivity contribution in [2.75, 3.05) is 12.9 Å². The highest BCUT2D eigenvalue weighted by atomic mass is 32.2. The van der Waals surface area contributed by atoms with Crippen LogP contribution in [-0.4, -0.2) is 57.6 Å². The van der Waals surface area contributed by atoms with Crippen molar-refractivity contribution < 1.29 is 54.7 Å². The number of amides is 1. The first-order valence-corrected chi connectivity index (χ1v) is 9.08. The first kappa shape index (κ1) is 26.7. The maximum Gasteiger partial charge on any atom is 0.490 e. The highest BCUT2D eigenvalue weighted by Crippen LogP contribution is 2.22. The van der Waals surface area contributed by atoms with Crippen molar-refractivity contribution in [1.29, 1.82) is 0 Å². The van der Waals surface area contributed by atoms with Gasteiger partial charge in [0, 0.05) is 11.2 Å². The molecular weight excluding hydrogens is 441 g/mol. The molecule has 1 rings (SSSR count). The van der Waals surface area contributed by atoms with Gasteiger partial charge in [-0.2, -0.15) is 26.3 Å². The summed E-state index contributed by atoms with van der Waals surface area (Å²) in [7, 11) is -3.59. The summed E-state index contributed by atoms with van der Waals surface area (Å²) in [4.78, 5) is 19.6. The van der Waals surface area contributed by atoms with Gasteiger partial charge in [0.25, 0.3) is 0 Å². The van der Waals surface area contributed by atoms with Crippen molar-refractivity contribution in [3.63, 3.8) is 0 Å². The van der Waals surface area contributed by atoms with Crippen molar-refractivity contribution in [3.05, 3.63) is 29.8 Å². The topological polar surface area (TPSA) is 130 Å². The van der Waals surface area contributed by atoms with E-state index in [1.807, 2.05) is 0 Å². The maximum atomic E-state index is 12.4. The molecule has 15 heteroatoms. The molecule has 0 aliphatic carbocycles. The second kappa shape index (κ2) is 9.98. The van der Waals surface area contributed by atoms with Crippen molar-refractivity contribution in [2.24, 2.45) is 10.1 Å². The molecule has 0 spiro atoms. The number of carbonyl (C=O) groups excluding carboxylic acids is 1. The first-order chi connectivity index (χ1) is 12.9. The maximum absolute atomic E-state index is 12.4. The van der Waals surface area contributed by atoms with E-state index in [2.05, 4.69) is 4.36 Å². The number of aliphatic carboxylic acids is 1. The van der Waals surface area contributed by atoms with Gasteiger partial charge in [0.1, 0.15) is 6.67 Å². The lowest BCUT2D eigenvalue weighted by Gasteiger charge is -2.16. The molecule has 1 amide bonds. The molecule has 0 saturated carbocycles. The van der Waals surface area contributed by atoms with Gasteiger partial charge in [-0.05, 0) is 17.7 Å². The second-order valence-electron chi connectivity index (χ2n) is 5.33. The average molecular weight is 456 g/mol. The van der Waals surface area contributed by atoms with Crippen LogP contribution in [0.4, 0.5) is 30.7 Å². The van der Waals surface area contributed by atoms with Crippen LogP contribution in [0.15, 0.2) is 33.5 Å². The number of nitrogens with two attached hydrogens (primary N) is 1. The van der Waals surface area contributed by atoms with Crippen molar-refractivity contribution >= 4 is 21.6 Å². The summed E-state index contributed by atoms with van der Waals surface area (Å²) in [5, 5.41) is 16.8. The Morgan fingerprint density at radius 1 is 1.10 bits per heavy atom. The number of carboxylic acid groups (broad SMARTS) is 1. The van der Waals surface area contributed by atoms with Crippen molar-refractivity contribution in [2.45, 2.75) is 29.4 Å². The number of hydrogen-bond acceptors (Lipinski definition) is 5. The normalized spacial score (nSPS) is 15.9. The smallest absolute Gasteiger partial charge is 0.475 e. The Balaban J connectivity index is 0.000000956. The number of carbonyl (C=O) groups is 2. The minimum atomic E-state index is -5.21. The average Bonchev–Trinajstić information content (AvgIpc) is 2.59. The van der Waals surface area contributed by atoms with Crippen LogP contribution in [-0.2, 0) is 19.3 Å². The Bertz CT molecular complexity index is 830. The largest absolute Gasteiger partial charge is 0.490 e. The van der Waals surface area contributed by atoms with Crippen LogP contribution in [0.25, 0.3) is 0 Å². The molecule has 0 radical (unpaired) electrons. The third kappa shape index (κ3) is 8.74. The van der Waals surface area contributed by atoms with E-state index in [4.69, 9.17) is 15.6 Å². The molecule has 0 heterocycles. The molecule has 0 bridgehead atoms. The molecule has 0 aliphatic rings. The van der Waals surface area contributed by atoms with Gasteiger partial charge in [-0.25, -0.2) is 13.4 Å². The molecule has 0 aliphatic heterocycles. The minimum absolute atomic E-state index is 0.130. The van der Waals surface area contributed by atoms with Crippen LogP contribution in [0.3, 0.4) is 0 Å². The number of hydrogen-bond donors (Lipinski definition) is 3. The lowest BCUT2D eigenvalue weighted by molar-refractivity contribution is -0.192. The fourth-order valence-corrected chi connectivity index (χ4v) is 2.68. The lowest BCUT2D eigenvalue weighted by Crippen LogP contribution is -2.30. The van der Waals surface area contributed by atoms with E-state index >= 15 is 0 Å². The van der Waals surface area contributed by atoms with Crippen molar-refractivity contribution in [3.8, 4) is 0 Å². The Morgan fingerprint density at radius 3 is 1.83 bits per heavy atom. The van der Waals surface area contributed by atoms with Gasteiger partial charge in [0.05, 0.1) is 21.9 Å². The molecule has 1 aromatic rings. The molecule has 7 nitrogen and oxygen atoms in total. The number of benzene rings is 1. The molecule has 1 aromatic carbocycles. The van der Waals surface area contributed by atoms with Gasteiger partial charge in [-0.15, -0.1) is 4.36 Å². The third-order valence-corrected chi connectivity index (χ3v) is 4.65. The zero-order valence-corrected chi connectivity index (χ0v) is 15.2. The van der Waals surface area contributed by atoms with Gasteiger partial charge >= 0.3 is 24.2 Å². The predicted octanol–water partition coefficient (Wildman–Crippen LogP) is 2.20. The number of rotatable bonds is 4. The number of carboxylic acids is 1. The van der Waals surface area contributed by atoms with Crippen LogP contribution in [0.2, 0.25) is 0 Å². The van der Waals surface area contributed by atoms with Crippen LogP contribution in [0, 0.1) is 0 Å². The van der Waals surface area contributed by atoms with Crippen LogP contribution in [0.5, 0.6) is 0 Å². The Kier molecular flexibility index (Phi) is 9.20. The number of nitrogens with zero attached hydrogens (tertiary/aromatic N) is 1. The quantitative estimate of drug-likeness (QED) is 0.596. The molecule has 1 unspecified atom stereocenters. The first-order valence-electron chi connectivity index (χ1n) is 7.16. The summed E-state index contributed by atoms with van der Waals surface area (Å²) in [6, 6.07) is 3.57. The van der Waals surface area contributed by atoms with Gasteiger partial charge in [-0.1, -0.05) is 12.1 Å². The molecule has 0 fully saturated rings. The fraction of sp³-hybridized carbons (Fsp3) is 0.429. The molecular formula is C14H15F7N2O5S. The predicted molar refractivity (Wildman–Crippen MR) is 84.9 cm³/mol. The molecule has 0 saturated heterocycles. The fourth-order valence-electron chi connectivity index (χ4n) is 1.51. The standard InChI is InChI=1S/C12H14F4N2O3S.C2HF3O2/c1-22(21,18-11(20)12(14,15)16)8-4-2-7(3-5-8)10(19)9(17)6-13;3-2(4,5)1(6)7/h2-5,9-10,19H,6,17H2,1H3;(H,6,7)/t9-,10-,22?;/m1./s1. The zero-order valence-electron chi connectivity index (χ0n) is 14.4. The zero-order chi connectivity index (χ0) is 23.2. The van der Waals surface area contributed by atoms with E-state index in [9.17, 15) is 44.8 Å². The summed E-state index contributed by atoms with van der Waals surface area (Å²) in [5.41, 5.74) is 5.52. The van der Waals surface area contributed by atoms with E-state index in [1.54, 1.807) is 0 Å². The van der Waals surface area contributed by atoms with Crippen LogP contribution < -0.4 is 5.73 Å². The van der Waals surface area contributed by atoms with Crippen LogP contribution in [0.1, 0.15) is 11.7 Å². The Morgan fingerprint density at radius 2 is 1.52 bits per heavy atom. The number of aliphatic hydroxyl groups is 1. The molecule has 0 aromatic heterocycles. The summed E-state index contributed by atoms with van der Waals surface area (Å²) < 4.78 is 95.3. The molecule has 3 atom stereocenters. The number of aliphatic hydroxyl groups excluding tert-OH is 1. The van der Waals surface area contributed by atoms with E-state index in [1.165, 1.54) is 12.1 Å². The number of halogens is 7. The summed E-state index contributed by atoms with van der Waals surface area (Å²) in [6.45, 7) is -0.969. The number of alkyl halides is 7. The summed E-state index contributed by atoms with van der Waals surface area (Å²) in [6.07, 6.45) is -10.7. The van der Waals surface area contributed by atoms with Crippen LogP contribution >= 0.6 is 0 Å². The van der Waals surface area contributed by atoms with Gasteiger partial charge in [-0.3, -0.25) is 4.79 Å². The van der Waals surface area contributed by atoms with Gasteiger partial charge in [0.15, 0.2) is 0 Å². The SMILES string of the molecule is CS(=O)(=NC(=O)C(F)(F)F)c1ccc([C@@H](O)[C@H](N)CF)cc1.O=C(O)C(F)(F)F. The Hall–Kier alpha value is -2.26. The van der Waals surface area contributed by atoms with Gasteiger partial charge < -0.3 is 15.9 Å². The summed E-state index contributed by atoms with van der Waals surface area (Å²) >= 11 is 0. The van der Waals surface area contributed by atoms with Crippen molar-refractivity contribution in [1.82, 2.24) is 0 Å². The molecule has 166 valence electrons. The highest BCUT2D eigenvalue weighted by molar-refractivity contribution is 7.93. The second-order valence-corrected chi connectivity index (χ2v) is 7.59. The van der Waals surface area contributed by atoms with E-state index in [0.717, 1.165) is 18.4 Å². The van der Waals surface area contributed by atoms with E-state index in [-0.39, 0.29) is 10.5 Å². The van der Waals surface area contributed by atoms with E-state index < -0.39 is 52.8 Å².